The molecule has 1 aliphatic heterocycles. The molecule has 15 heavy (non-hydrogen) atoms. The van der Waals surface area contributed by atoms with E-state index in [4.69, 9.17) is 16.9 Å². The van der Waals surface area contributed by atoms with Crippen molar-refractivity contribution in [1.29, 1.82) is 5.26 Å². The largest absolute Gasteiger partial charge is 0.292 e. The predicted molar refractivity (Wildman–Crippen MR) is 57.3 cm³/mol. The summed E-state index contributed by atoms with van der Waals surface area (Å²) in [4.78, 5) is 15.8. The summed E-state index contributed by atoms with van der Waals surface area (Å²) >= 11 is 5.97. The molecule has 0 saturated carbocycles. The van der Waals surface area contributed by atoms with Gasteiger partial charge in [-0.1, -0.05) is 23.3 Å². The number of aliphatic imine (C=N–C) groups is 1. The molecule has 0 bridgehead atoms. The molecule has 1 atom stereocenters. The van der Waals surface area contributed by atoms with Crippen LogP contribution >= 0.6 is 11.6 Å². The lowest BCUT2D eigenvalue weighted by molar-refractivity contribution is -0.116. The Balaban J connectivity index is 2.53. The van der Waals surface area contributed by atoms with Crippen LogP contribution in [0.2, 0.25) is 0 Å². The third-order valence-electron chi connectivity index (χ3n) is 2.32. The van der Waals surface area contributed by atoms with Gasteiger partial charge < -0.3 is 0 Å². The second kappa shape index (κ2) is 3.48. The quantitative estimate of drug-likeness (QED) is 0.625. The number of allylic oxidation sites excluding steroid dienone is 5. The van der Waals surface area contributed by atoms with Gasteiger partial charge in [0.2, 0.25) is 0 Å². The van der Waals surface area contributed by atoms with Crippen LogP contribution in [-0.2, 0) is 4.79 Å². The third-order valence-corrected chi connectivity index (χ3v) is 2.63. The van der Waals surface area contributed by atoms with Crippen LogP contribution in [0.4, 0.5) is 0 Å². The number of hydrogen-bond donors (Lipinski definition) is 0. The number of hydrogen-bond acceptors (Lipinski definition) is 3. The Kier molecular flexibility index (Phi) is 2.29. The standard InChI is InChI=1S/C11H7ClN2O/c1-6-2-8-10(9(12)3-6)14-5-7(4-13)11(8)15/h2-3,5,8H,1H3. The lowest BCUT2D eigenvalue weighted by Gasteiger charge is -2.20. The van der Waals surface area contributed by atoms with E-state index < -0.39 is 5.92 Å². The van der Waals surface area contributed by atoms with Crippen LogP contribution in [-0.4, -0.2) is 11.5 Å². The molecule has 4 heteroatoms. The van der Waals surface area contributed by atoms with E-state index in [1.165, 1.54) is 6.20 Å². The molecule has 0 aromatic carbocycles. The van der Waals surface area contributed by atoms with E-state index in [-0.39, 0.29) is 11.4 Å². The van der Waals surface area contributed by atoms with Gasteiger partial charge >= 0.3 is 0 Å². The van der Waals surface area contributed by atoms with E-state index in [1.807, 2.05) is 13.0 Å². The molecule has 2 aliphatic rings. The van der Waals surface area contributed by atoms with Crippen molar-refractivity contribution in [3.63, 3.8) is 0 Å². The summed E-state index contributed by atoms with van der Waals surface area (Å²) in [5.74, 6) is -0.713. The van der Waals surface area contributed by atoms with E-state index in [1.54, 1.807) is 12.2 Å². The van der Waals surface area contributed by atoms with E-state index in [9.17, 15) is 4.79 Å². The fourth-order valence-corrected chi connectivity index (χ4v) is 1.94. The van der Waals surface area contributed by atoms with Crippen molar-refractivity contribution in [2.24, 2.45) is 10.9 Å². The summed E-state index contributed by atoms with van der Waals surface area (Å²) in [7, 11) is 0. The molecule has 0 saturated heterocycles. The van der Waals surface area contributed by atoms with Crippen molar-refractivity contribution in [3.05, 3.63) is 34.5 Å². The SMILES string of the molecule is CC1=CC2C(=O)C(C#N)=CN=C2C(Cl)=C1. The van der Waals surface area contributed by atoms with Crippen LogP contribution < -0.4 is 0 Å². The van der Waals surface area contributed by atoms with Gasteiger partial charge in [0.25, 0.3) is 0 Å². The highest BCUT2D eigenvalue weighted by Crippen LogP contribution is 2.28. The molecule has 0 amide bonds. The Morgan fingerprint density at radius 1 is 1.60 bits per heavy atom. The van der Waals surface area contributed by atoms with Gasteiger partial charge in [0.15, 0.2) is 5.78 Å². The first-order chi connectivity index (χ1) is 7.13. The molecule has 0 aromatic heterocycles. The molecule has 2 rings (SSSR count). The number of halogens is 1. The van der Waals surface area contributed by atoms with Crippen LogP contribution in [0, 0.1) is 17.2 Å². The number of carbonyl (C=O) groups excluding carboxylic acids is 1. The van der Waals surface area contributed by atoms with Crippen molar-refractivity contribution in [2.75, 3.05) is 0 Å². The Morgan fingerprint density at radius 2 is 2.33 bits per heavy atom. The summed E-state index contributed by atoms with van der Waals surface area (Å²) in [6.45, 7) is 1.86. The van der Waals surface area contributed by atoms with E-state index in [2.05, 4.69) is 4.99 Å². The lowest BCUT2D eigenvalue weighted by atomic mass is 9.86. The molecule has 0 spiro atoms. The summed E-state index contributed by atoms with van der Waals surface area (Å²) in [6.07, 6.45) is 4.81. The zero-order valence-corrected chi connectivity index (χ0v) is 8.75. The van der Waals surface area contributed by atoms with Gasteiger partial charge in [-0.05, 0) is 13.0 Å². The van der Waals surface area contributed by atoms with Gasteiger partial charge in [0.1, 0.15) is 11.6 Å². The molecule has 1 aliphatic carbocycles. The number of nitrogens with zero attached hydrogens (tertiary/aromatic N) is 2. The fraction of sp³-hybridized carbons (Fsp3) is 0.182. The Bertz CT molecular complexity index is 503. The molecular weight excluding hydrogens is 212 g/mol. The van der Waals surface area contributed by atoms with Gasteiger partial charge in [-0.25, -0.2) is 0 Å². The molecule has 1 heterocycles. The zero-order chi connectivity index (χ0) is 11.0. The Hall–Kier alpha value is -1.66. The van der Waals surface area contributed by atoms with Crippen LogP contribution in [0.15, 0.2) is 39.5 Å². The minimum atomic E-state index is -0.484. The Morgan fingerprint density at radius 3 is 3.00 bits per heavy atom. The van der Waals surface area contributed by atoms with Gasteiger partial charge in [0, 0.05) is 6.20 Å². The molecule has 74 valence electrons. The molecule has 3 nitrogen and oxygen atoms in total. The highest BCUT2D eigenvalue weighted by Gasteiger charge is 2.31. The minimum Gasteiger partial charge on any atom is -0.292 e. The highest BCUT2D eigenvalue weighted by molar-refractivity contribution is 6.47. The normalized spacial score (nSPS) is 24.3. The molecule has 0 radical (unpaired) electrons. The maximum absolute atomic E-state index is 11.8. The maximum atomic E-state index is 11.8. The minimum absolute atomic E-state index is 0.0826. The topological polar surface area (TPSA) is 53.2 Å². The van der Waals surface area contributed by atoms with Crippen molar-refractivity contribution < 1.29 is 4.79 Å². The monoisotopic (exact) mass is 218 g/mol. The number of fused-ring (bicyclic) bond motifs is 1. The number of nitriles is 1. The average molecular weight is 219 g/mol. The summed E-state index contributed by atoms with van der Waals surface area (Å²) in [5.41, 5.74) is 1.53. The van der Waals surface area contributed by atoms with Gasteiger partial charge in [-0.3, -0.25) is 9.79 Å². The second-order valence-corrected chi connectivity index (χ2v) is 3.82. The summed E-state index contributed by atoms with van der Waals surface area (Å²) < 4.78 is 0. The zero-order valence-electron chi connectivity index (χ0n) is 7.99. The molecule has 0 N–H and O–H groups in total. The summed E-state index contributed by atoms with van der Waals surface area (Å²) in [5, 5.41) is 9.18. The highest BCUT2D eigenvalue weighted by atomic mass is 35.5. The lowest BCUT2D eigenvalue weighted by Crippen LogP contribution is -2.28. The molecular formula is C11H7ClN2O. The van der Waals surface area contributed by atoms with Crippen LogP contribution in [0.1, 0.15) is 6.92 Å². The van der Waals surface area contributed by atoms with Crippen LogP contribution in [0.5, 0.6) is 0 Å². The number of ketones is 1. The number of Topliss-reactive ketones (excluding diaryl/α,β-unsaturated/α-hetero) is 1. The van der Waals surface area contributed by atoms with Gasteiger partial charge in [0.05, 0.1) is 16.7 Å². The van der Waals surface area contributed by atoms with Crippen molar-refractivity contribution in [2.45, 2.75) is 6.92 Å². The van der Waals surface area contributed by atoms with E-state index >= 15 is 0 Å². The fourth-order valence-electron chi connectivity index (χ4n) is 1.60. The van der Waals surface area contributed by atoms with Gasteiger partial charge in [-0.15, -0.1) is 0 Å². The molecule has 0 fully saturated rings. The predicted octanol–water partition coefficient (Wildman–Crippen LogP) is 2.12. The summed E-state index contributed by atoms with van der Waals surface area (Å²) in [6, 6.07) is 1.83. The smallest absolute Gasteiger partial charge is 0.187 e. The molecule has 1 unspecified atom stereocenters. The van der Waals surface area contributed by atoms with E-state index in [0.29, 0.717) is 10.7 Å². The third kappa shape index (κ3) is 1.53. The average Bonchev–Trinajstić information content (AvgIpc) is 2.19. The first-order valence-corrected chi connectivity index (χ1v) is 4.79. The first kappa shape index (κ1) is 9.88. The van der Waals surface area contributed by atoms with Crippen molar-refractivity contribution in [1.82, 2.24) is 0 Å². The van der Waals surface area contributed by atoms with E-state index in [0.717, 1.165) is 5.57 Å². The van der Waals surface area contributed by atoms with Gasteiger partial charge in [-0.2, -0.15) is 5.26 Å². The Labute approximate surface area is 92.1 Å². The maximum Gasteiger partial charge on any atom is 0.187 e. The second-order valence-electron chi connectivity index (χ2n) is 3.41. The van der Waals surface area contributed by atoms with Crippen molar-refractivity contribution >= 4 is 23.1 Å². The number of carbonyl (C=O) groups is 1. The van der Waals surface area contributed by atoms with Crippen LogP contribution in [0.3, 0.4) is 0 Å². The van der Waals surface area contributed by atoms with Crippen LogP contribution in [0.25, 0.3) is 0 Å². The number of rotatable bonds is 0. The van der Waals surface area contributed by atoms with Crippen molar-refractivity contribution in [3.8, 4) is 6.07 Å². The molecule has 0 aromatic rings. The first-order valence-electron chi connectivity index (χ1n) is 4.41.